The predicted molar refractivity (Wildman–Crippen MR) is 80.6 cm³/mol. The Bertz CT molecular complexity index is 527. The zero-order valence-electron chi connectivity index (χ0n) is 13.0. The molecule has 3 nitrogen and oxygen atoms in total. The van der Waals surface area contributed by atoms with Gasteiger partial charge in [-0.15, -0.1) is 0 Å². The standard InChI is InChI=1S/C17H22F3NO2/c18-17(19,20)11-23-14-1-2-15-13(10-14)3-6-21-16(15)9-12-4-7-22-8-5-12/h1-2,10,12,16,21H,3-9,11H2. The van der Waals surface area contributed by atoms with Crippen LogP contribution in [-0.4, -0.2) is 32.5 Å². The molecule has 0 aromatic heterocycles. The van der Waals surface area contributed by atoms with Gasteiger partial charge in [0.1, 0.15) is 5.75 Å². The molecule has 1 fully saturated rings. The summed E-state index contributed by atoms with van der Waals surface area (Å²) in [7, 11) is 0. The third kappa shape index (κ3) is 4.61. The van der Waals surface area contributed by atoms with Gasteiger partial charge in [-0.3, -0.25) is 0 Å². The fraction of sp³-hybridized carbons (Fsp3) is 0.647. The molecule has 1 atom stereocenters. The van der Waals surface area contributed by atoms with Crippen LogP contribution in [0.2, 0.25) is 0 Å². The first-order valence-corrected chi connectivity index (χ1v) is 8.15. The minimum Gasteiger partial charge on any atom is -0.484 e. The van der Waals surface area contributed by atoms with Gasteiger partial charge < -0.3 is 14.8 Å². The van der Waals surface area contributed by atoms with Crippen LogP contribution in [0.15, 0.2) is 18.2 Å². The van der Waals surface area contributed by atoms with Gasteiger partial charge in [0.15, 0.2) is 6.61 Å². The molecular weight excluding hydrogens is 307 g/mol. The molecule has 2 aliphatic heterocycles. The quantitative estimate of drug-likeness (QED) is 0.915. The third-order valence-electron chi connectivity index (χ3n) is 4.59. The highest BCUT2D eigenvalue weighted by Crippen LogP contribution is 2.33. The zero-order chi connectivity index (χ0) is 16.3. The second kappa shape index (κ2) is 7.09. The Balaban J connectivity index is 1.67. The lowest BCUT2D eigenvalue weighted by atomic mass is 9.85. The summed E-state index contributed by atoms with van der Waals surface area (Å²) in [6.07, 6.45) is -0.258. The predicted octanol–water partition coefficient (Wildman–Crippen LogP) is 3.63. The van der Waals surface area contributed by atoms with E-state index in [0.717, 1.165) is 51.0 Å². The number of fused-ring (bicyclic) bond motifs is 1. The molecule has 0 radical (unpaired) electrons. The van der Waals surface area contributed by atoms with E-state index in [1.54, 1.807) is 12.1 Å². The van der Waals surface area contributed by atoms with Crippen molar-refractivity contribution in [3.05, 3.63) is 29.3 Å². The second-order valence-corrected chi connectivity index (χ2v) is 6.31. The average Bonchev–Trinajstić information content (AvgIpc) is 2.53. The number of alkyl halides is 3. The molecule has 0 bridgehead atoms. The summed E-state index contributed by atoms with van der Waals surface area (Å²) in [5.41, 5.74) is 2.29. The van der Waals surface area contributed by atoms with Gasteiger partial charge >= 0.3 is 6.18 Å². The smallest absolute Gasteiger partial charge is 0.422 e. The molecule has 3 rings (SSSR count). The van der Waals surface area contributed by atoms with Crippen LogP contribution in [-0.2, 0) is 11.2 Å². The van der Waals surface area contributed by atoms with E-state index in [-0.39, 0.29) is 6.04 Å². The van der Waals surface area contributed by atoms with Gasteiger partial charge in [0.2, 0.25) is 0 Å². The van der Waals surface area contributed by atoms with Crippen molar-refractivity contribution < 1.29 is 22.6 Å². The number of ether oxygens (including phenoxy) is 2. The maximum atomic E-state index is 12.3. The van der Waals surface area contributed by atoms with Crippen molar-refractivity contribution in [2.45, 2.75) is 37.9 Å². The average molecular weight is 329 g/mol. The van der Waals surface area contributed by atoms with Crippen molar-refractivity contribution in [1.82, 2.24) is 5.32 Å². The SMILES string of the molecule is FC(F)(F)COc1ccc2c(c1)CCNC2CC1CCOCC1. The van der Waals surface area contributed by atoms with Crippen LogP contribution < -0.4 is 10.1 Å². The van der Waals surface area contributed by atoms with Gasteiger partial charge in [-0.2, -0.15) is 13.2 Å². The van der Waals surface area contributed by atoms with Crippen molar-refractivity contribution >= 4 is 0 Å². The summed E-state index contributed by atoms with van der Waals surface area (Å²) in [5.74, 6) is 0.946. The lowest BCUT2D eigenvalue weighted by molar-refractivity contribution is -0.153. The summed E-state index contributed by atoms with van der Waals surface area (Å²) >= 11 is 0. The summed E-state index contributed by atoms with van der Waals surface area (Å²) in [6.45, 7) is 1.27. The highest BCUT2D eigenvalue weighted by atomic mass is 19.4. The first-order chi connectivity index (χ1) is 11.0. The summed E-state index contributed by atoms with van der Waals surface area (Å²) in [6, 6.07) is 5.60. The van der Waals surface area contributed by atoms with Crippen LogP contribution in [0.25, 0.3) is 0 Å². The zero-order valence-corrected chi connectivity index (χ0v) is 13.0. The minimum absolute atomic E-state index is 0.276. The molecule has 1 N–H and O–H groups in total. The molecule has 1 saturated heterocycles. The van der Waals surface area contributed by atoms with Crippen LogP contribution in [0.3, 0.4) is 0 Å². The van der Waals surface area contributed by atoms with Gasteiger partial charge in [-0.05, 0) is 61.4 Å². The van der Waals surface area contributed by atoms with Crippen molar-refractivity contribution in [2.24, 2.45) is 5.92 Å². The number of rotatable bonds is 4. The first-order valence-electron chi connectivity index (χ1n) is 8.15. The monoisotopic (exact) mass is 329 g/mol. The van der Waals surface area contributed by atoms with E-state index in [2.05, 4.69) is 5.32 Å². The summed E-state index contributed by atoms with van der Waals surface area (Å²) < 4.78 is 47.0. The normalized spacial score (nSPS) is 22.7. The van der Waals surface area contributed by atoms with Gasteiger partial charge in [-0.1, -0.05) is 6.07 Å². The second-order valence-electron chi connectivity index (χ2n) is 6.31. The Hall–Kier alpha value is -1.27. The van der Waals surface area contributed by atoms with Crippen LogP contribution in [0, 0.1) is 5.92 Å². The fourth-order valence-electron chi connectivity index (χ4n) is 3.41. The number of hydrogen-bond donors (Lipinski definition) is 1. The maximum Gasteiger partial charge on any atom is 0.422 e. The van der Waals surface area contributed by atoms with E-state index in [4.69, 9.17) is 9.47 Å². The van der Waals surface area contributed by atoms with Gasteiger partial charge in [-0.25, -0.2) is 0 Å². The van der Waals surface area contributed by atoms with Crippen molar-refractivity contribution in [3.63, 3.8) is 0 Å². The first kappa shape index (κ1) is 16.6. The summed E-state index contributed by atoms with van der Waals surface area (Å²) in [4.78, 5) is 0. The molecule has 2 aliphatic rings. The number of benzene rings is 1. The third-order valence-corrected chi connectivity index (χ3v) is 4.59. The Morgan fingerprint density at radius 2 is 2.00 bits per heavy atom. The maximum absolute atomic E-state index is 12.3. The van der Waals surface area contributed by atoms with Crippen molar-refractivity contribution in [2.75, 3.05) is 26.4 Å². The minimum atomic E-state index is -4.30. The van der Waals surface area contributed by atoms with Crippen LogP contribution >= 0.6 is 0 Å². The Morgan fingerprint density at radius 1 is 1.22 bits per heavy atom. The van der Waals surface area contributed by atoms with E-state index >= 15 is 0 Å². The molecule has 1 aromatic rings. The largest absolute Gasteiger partial charge is 0.484 e. The molecular formula is C17H22F3NO2. The van der Waals surface area contributed by atoms with Crippen LogP contribution in [0.5, 0.6) is 5.75 Å². The molecule has 23 heavy (non-hydrogen) atoms. The number of hydrogen-bond acceptors (Lipinski definition) is 3. The van der Waals surface area contributed by atoms with Crippen molar-refractivity contribution in [1.29, 1.82) is 0 Å². The Morgan fingerprint density at radius 3 is 2.74 bits per heavy atom. The number of nitrogens with one attached hydrogen (secondary N) is 1. The molecule has 2 heterocycles. The fourth-order valence-corrected chi connectivity index (χ4v) is 3.41. The topological polar surface area (TPSA) is 30.5 Å². The van der Waals surface area contributed by atoms with Gasteiger partial charge in [0.25, 0.3) is 0 Å². The summed E-state index contributed by atoms with van der Waals surface area (Å²) in [5, 5.41) is 3.54. The number of halogens is 3. The van der Waals surface area contributed by atoms with Crippen LogP contribution in [0.4, 0.5) is 13.2 Å². The Labute approximate surface area is 134 Å². The molecule has 128 valence electrons. The molecule has 0 amide bonds. The van der Waals surface area contributed by atoms with E-state index in [1.165, 1.54) is 5.56 Å². The lowest BCUT2D eigenvalue weighted by Gasteiger charge is -2.32. The molecule has 1 aromatic carbocycles. The lowest BCUT2D eigenvalue weighted by Crippen LogP contribution is -2.32. The van der Waals surface area contributed by atoms with Gasteiger partial charge in [0, 0.05) is 19.3 Å². The molecule has 0 aliphatic carbocycles. The highest BCUT2D eigenvalue weighted by Gasteiger charge is 2.29. The molecule has 0 saturated carbocycles. The van der Waals surface area contributed by atoms with E-state index < -0.39 is 12.8 Å². The van der Waals surface area contributed by atoms with E-state index in [0.29, 0.717) is 11.7 Å². The Kier molecular flexibility index (Phi) is 5.11. The highest BCUT2D eigenvalue weighted by molar-refractivity contribution is 5.39. The van der Waals surface area contributed by atoms with Gasteiger partial charge in [0.05, 0.1) is 0 Å². The van der Waals surface area contributed by atoms with Crippen LogP contribution in [0.1, 0.15) is 36.4 Å². The molecule has 1 unspecified atom stereocenters. The van der Waals surface area contributed by atoms with E-state index in [9.17, 15) is 13.2 Å². The van der Waals surface area contributed by atoms with Crippen molar-refractivity contribution in [3.8, 4) is 5.75 Å². The molecule has 0 spiro atoms. The molecule has 6 heteroatoms. The van der Waals surface area contributed by atoms with E-state index in [1.807, 2.05) is 6.07 Å².